The average molecular weight is 350 g/mol. The fourth-order valence-electron chi connectivity index (χ4n) is 3.17. The first kappa shape index (κ1) is 17.4. The van der Waals surface area contributed by atoms with Gasteiger partial charge in [0.25, 0.3) is 0 Å². The molecule has 2 unspecified atom stereocenters. The van der Waals surface area contributed by atoms with E-state index in [0.717, 1.165) is 30.3 Å². The minimum atomic E-state index is -0.569. The molecule has 2 aromatic heterocycles. The summed E-state index contributed by atoms with van der Waals surface area (Å²) in [5.41, 5.74) is -0.0379. The minimum Gasteiger partial charge on any atom is -0.467 e. The van der Waals surface area contributed by atoms with Crippen molar-refractivity contribution in [1.82, 2.24) is 9.36 Å². The van der Waals surface area contributed by atoms with Crippen LogP contribution in [0.15, 0.2) is 22.8 Å². The largest absolute Gasteiger partial charge is 0.467 e. The van der Waals surface area contributed by atoms with Crippen molar-refractivity contribution in [2.24, 2.45) is 0 Å². The lowest BCUT2D eigenvalue weighted by Crippen LogP contribution is -2.36. The van der Waals surface area contributed by atoms with E-state index in [0.29, 0.717) is 12.2 Å². The summed E-state index contributed by atoms with van der Waals surface area (Å²) in [7, 11) is 0. The van der Waals surface area contributed by atoms with E-state index in [1.54, 1.807) is 6.26 Å². The molecule has 0 saturated carbocycles. The molecule has 6 heteroatoms. The molecule has 2 aromatic rings. The molecule has 24 heavy (non-hydrogen) atoms. The van der Waals surface area contributed by atoms with Crippen molar-refractivity contribution >= 4 is 16.7 Å². The molecule has 5 nitrogen and oxygen atoms in total. The van der Waals surface area contributed by atoms with Gasteiger partial charge in [-0.25, -0.2) is 4.98 Å². The lowest BCUT2D eigenvalue weighted by Gasteiger charge is -2.30. The molecule has 1 N–H and O–H groups in total. The van der Waals surface area contributed by atoms with Crippen LogP contribution in [0.5, 0.6) is 0 Å². The number of hydrogen-bond donors (Lipinski definition) is 1. The third kappa shape index (κ3) is 3.98. The minimum absolute atomic E-state index is 0.0379. The number of hydrogen-bond acceptors (Lipinski definition) is 6. The number of anilines is 1. The molecule has 1 fully saturated rings. The van der Waals surface area contributed by atoms with Gasteiger partial charge < -0.3 is 14.4 Å². The zero-order valence-corrected chi connectivity index (χ0v) is 15.6. The van der Waals surface area contributed by atoms with Crippen LogP contribution in [0.25, 0.3) is 0 Å². The molecule has 0 radical (unpaired) electrons. The van der Waals surface area contributed by atoms with Crippen molar-refractivity contribution in [2.45, 2.75) is 70.4 Å². The summed E-state index contributed by atoms with van der Waals surface area (Å²) in [6.07, 6.45) is 6.37. The van der Waals surface area contributed by atoms with Gasteiger partial charge in [-0.3, -0.25) is 0 Å². The Morgan fingerprint density at radius 3 is 2.88 bits per heavy atom. The smallest absolute Gasteiger partial charge is 0.205 e. The van der Waals surface area contributed by atoms with Gasteiger partial charge in [0.05, 0.1) is 6.26 Å². The first-order valence-corrected chi connectivity index (χ1v) is 9.55. The molecular formula is C18H27N3O2S. The highest BCUT2D eigenvalue weighted by molar-refractivity contribution is 7.09. The lowest BCUT2D eigenvalue weighted by molar-refractivity contribution is 0.129. The van der Waals surface area contributed by atoms with Crippen molar-refractivity contribution in [2.75, 3.05) is 11.4 Å². The van der Waals surface area contributed by atoms with E-state index in [9.17, 15) is 5.11 Å². The van der Waals surface area contributed by atoms with Crippen LogP contribution in [-0.4, -0.2) is 27.1 Å². The number of aliphatic hydroxyl groups is 1. The van der Waals surface area contributed by atoms with Crippen LogP contribution < -0.4 is 4.90 Å². The van der Waals surface area contributed by atoms with Crippen LogP contribution in [-0.2, 0) is 5.41 Å². The average Bonchev–Trinajstić information content (AvgIpc) is 3.17. The lowest BCUT2D eigenvalue weighted by atomic mass is 9.96. The monoisotopic (exact) mass is 349 g/mol. The Bertz CT molecular complexity index is 633. The van der Waals surface area contributed by atoms with Gasteiger partial charge in [-0.15, -0.1) is 0 Å². The van der Waals surface area contributed by atoms with E-state index in [-0.39, 0.29) is 11.5 Å². The fourth-order valence-corrected chi connectivity index (χ4v) is 4.12. The van der Waals surface area contributed by atoms with Gasteiger partial charge >= 0.3 is 0 Å². The molecule has 0 aliphatic carbocycles. The Hall–Kier alpha value is -1.40. The molecule has 0 amide bonds. The Kier molecular flexibility index (Phi) is 5.25. The van der Waals surface area contributed by atoms with Gasteiger partial charge in [-0.1, -0.05) is 33.6 Å². The topological polar surface area (TPSA) is 62.4 Å². The zero-order chi connectivity index (χ0) is 17.2. The second kappa shape index (κ2) is 7.23. The van der Waals surface area contributed by atoms with Gasteiger partial charge in [0.1, 0.15) is 17.7 Å². The molecule has 1 aliphatic heterocycles. The van der Waals surface area contributed by atoms with E-state index in [1.807, 2.05) is 12.1 Å². The summed E-state index contributed by atoms with van der Waals surface area (Å²) in [6, 6.07) is 3.94. The summed E-state index contributed by atoms with van der Waals surface area (Å²) in [5.74, 6) is 1.55. The molecule has 132 valence electrons. The van der Waals surface area contributed by atoms with Gasteiger partial charge in [0, 0.05) is 36.0 Å². The Morgan fingerprint density at radius 1 is 1.38 bits per heavy atom. The Labute approximate surface area is 147 Å². The van der Waals surface area contributed by atoms with Crippen LogP contribution in [0.3, 0.4) is 0 Å². The predicted molar refractivity (Wildman–Crippen MR) is 96.5 cm³/mol. The van der Waals surface area contributed by atoms with Crippen molar-refractivity contribution in [1.29, 1.82) is 0 Å². The normalized spacial score (nSPS) is 20.8. The van der Waals surface area contributed by atoms with Crippen molar-refractivity contribution < 1.29 is 9.52 Å². The molecule has 0 spiro atoms. The predicted octanol–water partition coefficient (Wildman–Crippen LogP) is 4.30. The van der Waals surface area contributed by atoms with Crippen LogP contribution in [0.1, 0.15) is 70.6 Å². The molecule has 3 rings (SSSR count). The molecular weight excluding hydrogens is 322 g/mol. The van der Waals surface area contributed by atoms with Gasteiger partial charge in [-0.05, 0) is 25.0 Å². The summed E-state index contributed by atoms with van der Waals surface area (Å²) in [4.78, 5) is 7.15. The highest BCUT2D eigenvalue weighted by atomic mass is 32.1. The van der Waals surface area contributed by atoms with Crippen LogP contribution in [0.4, 0.5) is 5.13 Å². The van der Waals surface area contributed by atoms with Crippen molar-refractivity contribution in [3.63, 3.8) is 0 Å². The first-order chi connectivity index (χ1) is 11.4. The van der Waals surface area contributed by atoms with Crippen molar-refractivity contribution in [3.05, 3.63) is 30.0 Å². The molecule has 3 heterocycles. The maximum Gasteiger partial charge on any atom is 0.205 e. The van der Waals surface area contributed by atoms with E-state index in [1.165, 1.54) is 24.4 Å². The maximum absolute atomic E-state index is 10.5. The van der Waals surface area contributed by atoms with Crippen LogP contribution in [0, 0.1) is 0 Å². The molecule has 1 aliphatic rings. The first-order valence-electron chi connectivity index (χ1n) is 8.77. The molecule has 0 aromatic carbocycles. The highest BCUT2D eigenvalue weighted by Crippen LogP contribution is 2.32. The van der Waals surface area contributed by atoms with Gasteiger partial charge in [-0.2, -0.15) is 4.37 Å². The summed E-state index contributed by atoms with van der Waals surface area (Å²) >= 11 is 1.48. The number of nitrogens with zero attached hydrogens (tertiary/aromatic N) is 3. The van der Waals surface area contributed by atoms with Crippen LogP contribution in [0.2, 0.25) is 0 Å². The number of aromatic nitrogens is 2. The van der Waals surface area contributed by atoms with Crippen LogP contribution >= 0.6 is 11.5 Å². The molecule has 2 atom stereocenters. The second-order valence-corrected chi connectivity index (χ2v) is 8.34. The highest BCUT2D eigenvalue weighted by Gasteiger charge is 2.29. The summed E-state index contributed by atoms with van der Waals surface area (Å²) in [5, 5.41) is 11.5. The third-order valence-electron chi connectivity index (χ3n) is 4.58. The van der Waals surface area contributed by atoms with Gasteiger partial charge in [0.15, 0.2) is 0 Å². The van der Waals surface area contributed by atoms with E-state index in [4.69, 9.17) is 9.40 Å². The standard InChI is InChI=1S/C18H27N3O2S/c1-18(2,3)16-19-17(24-20-16)21-10-6-4-5-8-13(21)12-14(22)15-9-7-11-23-15/h7,9,11,13-14,22H,4-6,8,10,12H2,1-3H3. The Balaban J connectivity index is 1.78. The maximum atomic E-state index is 10.5. The van der Waals surface area contributed by atoms with Gasteiger partial charge in [0.2, 0.25) is 5.13 Å². The second-order valence-electron chi connectivity index (χ2n) is 7.61. The Morgan fingerprint density at radius 2 is 2.21 bits per heavy atom. The number of furan rings is 1. The van der Waals surface area contributed by atoms with E-state index in [2.05, 4.69) is 30.0 Å². The molecule has 0 bridgehead atoms. The summed E-state index contributed by atoms with van der Waals surface area (Å²) < 4.78 is 9.93. The number of aliphatic hydroxyl groups excluding tert-OH is 1. The number of rotatable bonds is 4. The van der Waals surface area contributed by atoms with E-state index >= 15 is 0 Å². The molecule has 1 saturated heterocycles. The van der Waals surface area contributed by atoms with E-state index < -0.39 is 6.10 Å². The zero-order valence-electron chi connectivity index (χ0n) is 14.7. The SMILES string of the molecule is CC(C)(C)c1nsc(N2CCCCCC2CC(O)c2ccco2)n1. The van der Waals surface area contributed by atoms with Crippen molar-refractivity contribution in [3.8, 4) is 0 Å². The summed E-state index contributed by atoms with van der Waals surface area (Å²) in [6.45, 7) is 7.40. The third-order valence-corrected chi connectivity index (χ3v) is 5.33. The quantitative estimate of drug-likeness (QED) is 0.891. The fraction of sp³-hybridized carbons (Fsp3) is 0.667.